The number of carboxylic acid groups (broad SMARTS) is 1. The van der Waals surface area contributed by atoms with Gasteiger partial charge in [0.1, 0.15) is 12.2 Å². The van der Waals surface area contributed by atoms with Crippen LogP contribution in [-0.4, -0.2) is 34.5 Å². The molecule has 2 N–H and O–H groups in total. The van der Waals surface area contributed by atoms with E-state index in [2.05, 4.69) is 30.0 Å². The van der Waals surface area contributed by atoms with Crippen molar-refractivity contribution < 1.29 is 19.7 Å². The van der Waals surface area contributed by atoms with Crippen LogP contribution >= 0.6 is 0 Å². The van der Waals surface area contributed by atoms with E-state index in [1.165, 1.54) is 0 Å². The smallest absolute Gasteiger partial charge is 0.328 e. The summed E-state index contributed by atoms with van der Waals surface area (Å²) in [5, 5.41) is 22.6. The van der Waals surface area contributed by atoms with Gasteiger partial charge in [-0.05, 0) is 54.3 Å². The first kappa shape index (κ1) is 23.5. The first-order valence-electron chi connectivity index (χ1n) is 10.7. The van der Waals surface area contributed by atoms with Crippen LogP contribution in [0.4, 0.5) is 0 Å². The second kappa shape index (κ2) is 9.56. The number of carboxylic acids is 1. The summed E-state index contributed by atoms with van der Waals surface area (Å²) >= 11 is 0. The van der Waals surface area contributed by atoms with E-state index in [-0.39, 0.29) is 6.10 Å². The van der Waals surface area contributed by atoms with E-state index in [4.69, 9.17) is 9.84 Å². The molecule has 3 rings (SSSR count). The first-order chi connectivity index (χ1) is 15.1. The highest BCUT2D eigenvalue weighted by molar-refractivity contribution is 5.88. The van der Waals surface area contributed by atoms with Crippen molar-refractivity contribution in [1.29, 1.82) is 0 Å². The topological polar surface area (TPSA) is 66.8 Å². The number of fused-ring (bicyclic) bond motifs is 1. The number of hydrogen-bond acceptors (Lipinski definition) is 3. The molecule has 0 amide bonds. The van der Waals surface area contributed by atoms with Crippen molar-refractivity contribution in [3.8, 4) is 11.8 Å². The predicted molar refractivity (Wildman–Crippen MR) is 128 cm³/mol. The Hall–Kier alpha value is -3.13. The zero-order valence-electron chi connectivity index (χ0n) is 19.1. The molecule has 0 saturated heterocycles. The standard InChI is InChI=1S/C28H30O4/c1-20(17-26(29)30)14-15-28(31)21(2)18-24(19-27(28,3)4)32-16-8-12-23-11-7-10-22-9-5-6-13-25(22)23/h5-7,9-11,13-15,17-18,24,31H,16,19H2,1-4H3,(H,29,30)/b15-14+,20-17-/t24?,28-/m1/s1. The van der Waals surface area contributed by atoms with Crippen LogP contribution < -0.4 is 0 Å². The maximum Gasteiger partial charge on any atom is 0.328 e. The SMILES string of the molecule is CC1=CC(OCC#Cc2cccc3ccccc23)CC(C)(C)[C@@]1(O)/C=C/C(C)=C\C(=O)O. The molecule has 0 heterocycles. The lowest BCUT2D eigenvalue weighted by Gasteiger charge is -2.46. The average molecular weight is 431 g/mol. The Morgan fingerprint density at radius 3 is 2.66 bits per heavy atom. The Morgan fingerprint density at radius 1 is 1.22 bits per heavy atom. The second-order valence-electron chi connectivity index (χ2n) is 8.94. The van der Waals surface area contributed by atoms with Crippen molar-refractivity contribution >= 4 is 16.7 Å². The molecule has 0 saturated carbocycles. The third-order valence-electron chi connectivity index (χ3n) is 6.10. The summed E-state index contributed by atoms with van der Waals surface area (Å²) in [5.74, 6) is 5.33. The van der Waals surface area contributed by atoms with E-state index in [0.29, 0.717) is 18.6 Å². The molecule has 0 fully saturated rings. The van der Waals surface area contributed by atoms with Crippen LogP contribution in [0.2, 0.25) is 0 Å². The number of hydrogen-bond donors (Lipinski definition) is 2. The lowest BCUT2D eigenvalue weighted by atomic mass is 9.64. The molecule has 2 atom stereocenters. The molecule has 0 aromatic heterocycles. The molecule has 1 unspecified atom stereocenters. The summed E-state index contributed by atoms with van der Waals surface area (Å²) < 4.78 is 6.02. The second-order valence-corrected chi connectivity index (χ2v) is 8.94. The molecular weight excluding hydrogens is 400 g/mol. The summed E-state index contributed by atoms with van der Waals surface area (Å²) in [6.45, 7) is 7.84. The first-order valence-corrected chi connectivity index (χ1v) is 10.7. The number of benzene rings is 2. The van der Waals surface area contributed by atoms with Crippen molar-refractivity contribution in [2.45, 2.75) is 45.8 Å². The van der Waals surface area contributed by atoms with Gasteiger partial charge < -0.3 is 14.9 Å². The van der Waals surface area contributed by atoms with Gasteiger partial charge in [-0.3, -0.25) is 0 Å². The Kier molecular flexibility index (Phi) is 7.03. The van der Waals surface area contributed by atoms with Crippen LogP contribution in [0, 0.1) is 17.3 Å². The largest absolute Gasteiger partial charge is 0.478 e. The van der Waals surface area contributed by atoms with Gasteiger partial charge >= 0.3 is 5.97 Å². The molecular formula is C28H30O4. The quantitative estimate of drug-likeness (QED) is 0.293. The summed E-state index contributed by atoms with van der Waals surface area (Å²) in [6.07, 6.45) is 6.86. The maximum absolute atomic E-state index is 11.4. The molecule has 0 spiro atoms. The van der Waals surface area contributed by atoms with E-state index in [9.17, 15) is 9.90 Å². The van der Waals surface area contributed by atoms with Gasteiger partial charge in [-0.2, -0.15) is 0 Å². The Labute approximate surface area is 189 Å². The fourth-order valence-electron chi connectivity index (χ4n) is 4.23. The molecule has 32 heavy (non-hydrogen) atoms. The minimum absolute atomic E-state index is 0.156. The van der Waals surface area contributed by atoms with Gasteiger partial charge in [0, 0.05) is 17.1 Å². The van der Waals surface area contributed by atoms with E-state index in [1.807, 2.05) is 51.1 Å². The molecule has 166 valence electrons. The van der Waals surface area contributed by atoms with Gasteiger partial charge in [-0.1, -0.05) is 74.2 Å². The maximum atomic E-state index is 11.4. The van der Waals surface area contributed by atoms with E-state index in [1.54, 1.807) is 19.1 Å². The Morgan fingerprint density at radius 2 is 1.94 bits per heavy atom. The van der Waals surface area contributed by atoms with Crippen LogP contribution in [0.25, 0.3) is 10.8 Å². The van der Waals surface area contributed by atoms with E-state index in [0.717, 1.165) is 28.0 Å². The monoisotopic (exact) mass is 430 g/mol. The van der Waals surface area contributed by atoms with Gasteiger partial charge in [-0.15, -0.1) is 0 Å². The van der Waals surface area contributed by atoms with Gasteiger partial charge in [-0.25, -0.2) is 4.79 Å². The number of allylic oxidation sites excluding steroid dienone is 2. The number of carbonyl (C=O) groups is 1. The van der Waals surface area contributed by atoms with Crippen molar-refractivity contribution in [2.75, 3.05) is 6.61 Å². The lowest BCUT2D eigenvalue weighted by molar-refractivity contribution is -0.131. The normalized spacial score (nSPS) is 23.0. The fraction of sp³-hybridized carbons (Fsp3) is 0.321. The minimum Gasteiger partial charge on any atom is -0.478 e. The molecule has 0 bridgehead atoms. The molecule has 0 aliphatic heterocycles. The van der Waals surface area contributed by atoms with Crippen LogP contribution in [0.5, 0.6) is 0 Å². The van der Waals surface area contributed by atoms with Crippen LogP contribution in [-0.2, 0) is 9.53 Å². The Bertz CT molecular complexity index is 1150. The molecule has 1 aliphatic carbocycles. The number of rotatable bonds is 5. The Balaban J connectivity index is 1.72. The average Bonchev–Trinajstić information content (AvgIpc) is 2.73. The molecule has 1 aliphatic rings. The molecule has 4 nitrogen and oxygen atoms in total. The van der Waals surface area contributed by atoms with Crippen molar-refractivity contribution in [2.24, 2.45) is 5.41 Å². The highest BCUT2D eigenvalue weighted by Crippen LogP contribution is 2.46. The molecule has 4 heteroatoms. The zero-order valence-corrected chi connectivity index (χ0v) is 19.1. The van der Waals surface area contributed by atoms with E-state index >= 15 is 0 Å². The van der Waals surface area contributed by atoms with Gasteiger partial charge in [0.25, 0.3) is 0 Å². The molecule has 0 radical (unpaired) electrons. The number of aliphatic carboxylic acids is 1. The van der Waals surface area contributed by atoms with Gasteiger partial charge in [0.05, 0.1) is 6.10 Å². The third kappa shape index (κ3) is 5.19. The summed E-state index contributed by atoms with van der Waals surface area (Å²) in [4.78, 5) is 10.8. The summed E-state index contributed by atoms with van der Waals surface area (Å²) in [7, 11) is 0. The van der Waals surface area contributed by atoms with Crippen LogP contribution in [0.3, 0.4) is 0 Å². The van der Waals surface area contributed by atoms with Gasteiger partial charge in [0.15, 0.2) is 0 Å². The van der Waals surface area contributed by atoms with Crippen LogP contribution in [0.1, 0.15) is 39.7 Å². The van der Waals surface area contributed by atoms with E-state index < -0.39 is 17.0 Å². The number of ether oxygens (including phenoxy) is 1. The third-order valence-corrected chi connectivity index (χ3v) is 6.10. The molecule has 2 aromatic carbocycles. The highest BCUT2D eigenvalue weighted by Gasteiger charge is 2.47. The predicted octanol–water partition coefficient (Wildman–Crippen LogP) is 5.27. The minimum atomic E-state index is -1.19. The summed E-state index contributed by atoms with van der Waals surface area (Å²) in [6, 6.07) is 14.3. The van der Waals surface area contributed by atoms with Crippen LogP contribution in [0.15, 0.2) is 77.9 Å². The lowest BCUT2D eigenvalue weighted by Crippen LogP contribution is -2.49. The van der Waals surface area contributed by atoms with Crippen molar-refractivity contribution in [3.05, 3.63) is 83.5 Å². The fourth-order valence-corrected chi connectivity index (χ4v) is 4.23. The zero-order chi connectivity index (χ0) is 23.4. The number of aliphatic hydroxyl groups is 1. The van der Waals surface area contributed by atoms with Crippen molar-refractivity contribution in [1.82, 2.24) is 0 Å². The summed E-state index contributed by atoms with van der Waals surface area (Å²) in [5.41, 5.74) is 0.637. The van der Waals surface area contributed by atoms with Gasteiger partial charge in [0.2, 0.25) is 0 Å². The highest BCUT2D eigenvalue weighted by atomic mass is 16.5. The van der Waals surface area contributed by atoms with Crippen molar-refractivity contribution in [3.63, 3.8) is 0 Å². The molecule has 2 aromatic rings.